The number of aryl methyl sites for hydroxylation is 1. The molecule has 0 spiro atoms. The van der Waals surface area contributed by atoms with Gasteiger partial charge < -0.3 is 16.6 Å². The number of primary amides is 2. The van der Waals surface area contributed by atoms with E-state index >= 15 is 0 Å². The first-order chi connectivity index (χ1) is 13.2. The third kappa shape index (κ3) is 5.51. The molecule has 4 N–H and O–H groups in total. The van der Waals surface area contributed by atoms with E-state index in [1.807, 2.05) is 0 Å². The topological polar surface area (TPSA) is 160 Å². The molecule has 10 nitrogen and oxygen atoms in total. The SMILES string of the molecule is CCC1=NN(C(N)=O)C(=O)C1=CC=C(C)C=Cc1c(CC)nn(C(N)=O)c1[O-].[K+]. The molecule has 1 aromatic rings. The van der Waals surface area contributed by atoms with Gasteiger partial charge in [-0.1, -0.05) is 37.6 Å². The molecule has 29 heavy (non-hydrogen) atoms. The Morgan fingerprint density at radius 2 is 1.83 bits per heavy atom. The van der Waals surface area contributed by atoms with E-state index < -0.39 is 23.8 Å². The fourth-order valence-corrected chi connectivity index (χ4v) is 2.56. The molecule has 0 saturated heterocycles. The van der Waals surface area contributed by atoms with Gasteiger partial charge in [0.2, 0.25) is 0 Å². The first kappa shape index (κ1) is 25.0. The molecule has 0 aliphatic carbocycles. The van der Waals surface area contributed by atoms with Crippen LogP contribution in [0.5, 0.6) is 5.88 Å². The van der Waals surface area contributed by atoms with Gasteiger partial charge in [-0.2, -0.15) is 14.9 Å². The number of carbonyl (C=O) groups is 3. The Morgan fingerprint density at radius 3 is 2.34 bits per heavy atom. The number of nitrogens with two attached hydrogens (primary N) is 2. The number of aromatic nitrogens is 2. The number of hydrogen-bond acceptors (Lipinski definition) is 6. The summed E-state index contributed by atoms with van der Waals surface area (Å²) in [7, 11) is 0. The maximum atomic E-state index is 12.2. The molecule has 148 valence electrons. The summed E-state index contributed by atoms with van der Waals surface area (Å²) in [5.41, 5.74) is 12.4. The summed E-state index contributed by atoms with van der Waals surface area (Å²) in [5, 5.41) is 20.6. The molecular weight excluding hydrogens is 403 g/mol. The Morgan fingerprint density at radius 1 is 1.17 bits per heavy atom. The summed E-state index contributed by atoms with van der Waals surface area (Å²) in [6.07, 6.45) is 7.28. The maximum Gasteiger partial charge on any atom is 1.00 e. The first-order valence-corrected chi connectivity index (χ1v) is 8.58. The average Bonchev–Trinajstić information content (AvgIpc) is 3.14. The van der Waals surface area contributed by atoms with Crippen molar-refractivity contribution in [3.63, 3.8) is 0 Å². The first-order valence-electron chi connectivity index (χ1n) is 8.58. The van der Waals surface area contributed by atoms with Gasteiger partial charge in [0.1, 0.15) is 0 Å². The van der Waals surface area contributed by atoms with Crippen molar-refractivity contribution in [1.82, 2.24) is 14.8 Å². The molecular formula is C18H21KN6O4. The molecule has 11 heteroatoms. The van der Waals surface area contributed by atoms with Crippen molar-refractivity contribution in [3.8, 4) is 5.88 Å². The molecule has 0 saturated carbocycles. The van der Waals surface area contributed by atoms with Crippen molar-refractivity contribution in [1.29, 1.82) is 0 Å². The van der Waals surface area contributed by atoms with E-state index in [0.717, 1.165) is 0 Å². The monoisotopic (exact) mass is 424 g/mol. The van der Waals surface area contributed by atoms with Gasteiger partial charge in [-0.25, -0.2) is 9.59 Å². The summed E-state index contributed by atoms with van der Waals surface area (Å²) in [5.74, 6) is -1.18. The average molecular weight is 425 g/mol. The van der Waals surface area contributed by atoms with Crippen LogP contribution in [0.2, 0.25) is 0 Å². The predicted octanol–water partition coefficient (Wildman–Crippen LogP) is -1.98. The standard InChI is InChI=1S/C18H22N6O4.K/c1-4-13-11(15(25)23(21-13)17(19)27)8-6-10(3)7-9-12-14(5-2)22-24(16(12)26)18(20)28;/h6-9,25H,4-5H2,1-3H3,(H2,19,27)(H2,20,28);/q;+1/p-1. The van der Waals surface area contributed by atoms with Crippen LogP contribution in [-0.4, -0.2) is 38.5 Å². The van der Waals surface area contributed by atoms with Gasteiger partial charge >= 0.3 is 63.4 Å². The maximum absolute atomic E-state index is 12.2. The summed E-state index contributed by atoms with van der Waals surface area (Å²) >= 11 is 0. The number of nitrogens with zero attached hydrogens (tertiary/aromatic N) is 4. The molecule has 0 bridgehead atoms. The van der Waals surface area contributed by atoms with E-state index in [1.165, 1.54) is 0 Å². The van der Waals surface area contributed by atoms with E-state index in [0.29, 0.717) is 39.5 Å². The van der Waals surface area contributed by atoms with Crippen molar-refractivity contribution >= 4 is 29.8 Å². The zero-order chi connectivity index (χ0) is 21.0. The smallest absolute Gasteiger partial charge is 0.858 e. The second kappa shape index (κ2) is 10.6. The number of rotatable bonds is 5. The van der Waals surface area contributed by atoms with E-state index in [4.69, 9.17) is 11.5 Å². The molecule has 1 aromatic heterocycles. The third-order valence-electron chi connectivity index (χ3n) is 4.02. The number of imide groups is 1. The van der Waals surface area contributed by atoms with Gasteiger partial charge in [0.15, 0.2) is 0 Å². The minimum Gasteiger partial charge on any atom is -0.858 e. The van der Waals surface area contributed by atoms with Crippen LogP contribution in [-0.2, 0) is 11.2 Å². The Hall–Kier alpha value is -2.05. The van der Waals surface area contributed by atoms with Crippen molar-refractivity contribution in [2.75, 3.05) is 0 Å². The number of carbonyl (C=O) groups excluding carboxylic acids is 3. The third-order valence-corrected chi connectivity index (χ3v) is 4.02. The van der Waals surface area contributed by atoms with Crippen molar-refractivity contribution in [2.45, 2.75) is 33.6 Å². The fourth-order valence-electron chi connectivity index (χ4n) is 2.56. The number of urea groups is 1. The number of hydrazone groups is 1. The molecule has 0 atom stereocenters. The van der Waals surface area contributed by atoms with Crippen LogP contribution in [0.15, 0.2) is 34.5 Å². The molecule has 0 fully saturated rings. The summed E-state index contributed by atoms with van der Waals surface area (Å²) < 4.78 is 0.624. The van der Waals surface area contributed by atoms with Crippen LogP contribution in [0.3, 0.4) is 0 Å². The number of allylic oxidation sites excluding steroid dienone is 4. The van der Waals surface area contributed by atoms with Gasteiger partial charge in [0.25, 0.3) is 5.91 Å². The van der Waals surface area contributed by atoms with Crippen molar-refractivity contribution in [3.05, 3.63) is 40.6 Å². The number of hydrogen-bond donors (Lipinski definition) is 2. The van der Waals surface area contributed by atoms with E-state index in [-0.39, 0.29) is 62.5 Å². The van der Waals surface area contributed by atoms with E-state index in [9.17, 15) is 19.5 Å². The molecule has 1 aliphatic rings. The Kier molecular flexibility index (Phi) is 9.17. The zero-order valence-corrected chi connectivity index (χ0v) is 19.9. The quantitative estimate of drug-likeness (QED) is 0.318. The molecule has 1 aliphatic heterocycles. The van der Waals surface area contributed by atoms with Gasteiger partial charge in [-0.15, -0.1) is 5.01 Å². The summed E-state index contributed by atoms with van der Waals surface area (Å²) in [6.45, 7) is 5.37. The second-order valence-electron chi connectivity index (χ2n) is 5.95. The fraction of sp³-hybridized carbons (Fsp3) is 0.278. The normalized spacial score (nSPS) is 15.8. The minimum absolute atomic E-state index is 0. The van der Waals surface area contributed by atoms with Crippen molar-refractivity contribution in [2.24, 2.45) is 16.6 Å². The van der Waals surface area contributed by atoms with Crippen LogP contribution < -0.4 is 68.0 Å². The van der Waals surface area contributed by atoms with Gasteiger partial charge in [-0.05, 0) is 25.8 Å². The van der Waals surface area contributed by atoms with Gasteiger partial charge in [-0.3, -0.25) is 4.79 Å². The van der Waals surface area contributed by atoms with Crippen LogP contribution in [0.1, 0.15) is 38.4 Å². The van der Waals surface area contributed by atoms with Crippen LogP contribution in [0, 0.1) is 0 Å². The molecule has 0 unspecified atom stereocenters. The second-order valence-corrected chi connectivity index (χ2v) is 5.95. The minimum atomic E-state index is -0.943. The Labute approximate surface area is 210 Å². The van der Waals surface area contributed by atoms with E-state index in [2.05, 4.69) is 10.2 Å². The molecule has 2 heterocycles. The largest absolute Gasteiger partial charge is 1.00 e. The molecule has 0 radical (unpaired) electrons. The summed E-state index contributed by atoms with van der Waals surface area (Å²) in [4.78, 5) is 34.7. The predicted molar refractivity (Wildman–Crippen MR) is 101 cm³/mol. The Balaban J connectivity index is 0.00000420. The molecule has 0 aromatic carbocycles. The molecule has 2 rings (SSSR count). The number of amides is 4. The van der Waals surface area contributed by atoms with Crippen LogP contribution >= 0.6 is 0 Å². The van der Waals surface area contributed by atoms with Crippen LogP contribution in [0.4, 0.5) is 9.59 Å². The van der Waals surface area contributed by atoms with Gasteiger partial charge in [0, 0.05) is 11.4 Å². The van der Waals surface area contributed by atoms with Crippen molar-refractivity contribution < 1.29 is 70.9 Å². The Bertz CT molecular complexity index is 958. The zero-order valence-electron chi connectivity index (χ0n) is 16.8. The molecule has 4 amide bonds. The van der Waals surface area contributed by atoms with E-state index in [1.54, 1.807) is 45.1 Å². The van der Waals surface area contributed by atoms with Crippen LogP contribution in [0.25, 0.3) is 6.08 Å². The summed E-state index contributed by atoms with van der Waals surface area (Å²) in [6, 6.07) is -1.89. The van der Waals surface area contributed by atoms with Gasteiger partial charge in [0.05, 0.1) is 17.0 Å².